The normalized spacial score (nSPS) is 14.8. The van der Waals surface area contributed by atoms with Crippen molar-refractivity contribution in [3.8, 4) is 34.0 Å². The van der Waals surface area contributed by atoms with Gasteiger partial charge in [0, 0.05) is 49.4 Å². The summed E-state index contributed by atoms with van der Waals surface area (Å²) in [6, 6.07) is 5.93. The van der Waals surface area contributed by atoms with Gasteiger partial charge < -0.3 is 24.5 Å². The second-order valence-electron chi connectivity index (χ2n) is 8.29. The first-order chi connectivity index (χ1) is 15.4. The molecule has 170 valence electrons. The zero-order valence-corrected chi connectivity index (χ0v) is 19.7. The summed E-state index contributed by atoms with van der Waals surface area (Å²) in [5.41, 5.74) is 9.95. The molecule has 0 aliphatic carbocycles. The Morgan fingerprint density at radius 1 is 1.19 bits per heavy atom. The standard InChI is InChI=1S/C24H29N3O4S/c1-14(2)19-8-15-9-23(31-7-5-6-29-3)22(30-4)10-16(15)20-11-21(28)17(12-27(19)20)18-13-32-24(25)26-18/h9-14,19H,5-8H2,1-4H3,(H2,25,26). The summed E-state index contributed by atoms with van der Waals surface area (Å²) >= 11 is 1.34. The van der Waals surface area contributed by atoms with Crippen molar-refractivity contribution in [3.05, 3.63) is 45.6 Å². The van der Waals surface area contributed by atoms with Crippen molar-refractivity contribution in [2.24, 2.45) is 5.92 Å². The third-order valence-corrected chi connectivity index (χ3v) is 6.52. The number of thiazole rings is 1. The van der Waals surface area contributed by atoms with Crippen molar-refractivity contribution in [2.75, 3.05) is 33.2 Å². The Labute approximate surface area is 191 Å². The second kappa shape index (κ2) is 9.34. The zero-order valence-electron chi connectivity index (χ0n) is 18.9. The Balaban J connectivity index is 1.81. The number of nitrogens with two attached hydrogens (primary N) is 1. The van der Waals surface area contributed by atoms with Gasteiger partial charge in [0.05, 0.1) is 30.7 Å². The fraction of sp³-hybridized carbons (Fsp3) is 0.417. The first kappa shape index (κ1) is 22.4. The number of rotatable bonds is 8. The first-order valence-corrected chi connectivity index (χ1v) is 11.6. The minimum atomic E-state index is -0.0734. The molecule has 1 atom stereocenters. The molecule has 1 aliphatic heterocycles. The van der Waals surface area contributed by atoms with E-state index in [1.807, 2.05) is 17.6 Å². The highest BCUT2D eigenvalue weighted by atomic mass is 32.1. The molecule has 0 saturated carbocycles. The Morgan fingerprint density at radius 3 is 2.66 bits per heavy atom. The molecule has 32 heavy (non-hydrogen) atoms. The summed E-state index contributed by atoms with van der Waals surface area (Å²) in [5.74, 6) is 1.74. The van der Waals surface area contributed by atoms with Crippen LogP contribution >= 0.6 is 11.3 Å². The Hall–Kier alpha value is -2.84. The summed E-state index contributed by atoms with van der Waals surface area (Å²) in [4.78, 5) is 17.4. The van der Waals surface area contributed by atoms with Gasteiger partial charge in [0.15, 0.2) is 22.1 Å². The highest BCUT2D eigenvalue weighted by Gasteiger charge is 2.29. The molecule has 4 rings (SSSR count). The molecular weight excluding hydrogens is 426 g/mol. The van der Waals surface area contributed by atoms with E-state index >= 15 is 0 Å². The van der Waals surface area contributed by atoms with Gasteiger partial charge in [-0.1, -0.05) is 13.8 Å². The largest absolute Gasteiger partial charge is 0.493 e. The van der Waals surface area contributed by atoms with Crippen LogP contribution < -0.4 is 20.6 Å². The molecular formula is C24H29N3O4S. The maximum atomic E-state index is 13.1. The van der Waals surface area contributed by atoms with Crippen LogP contribution in [0.15, 0.2) is 34.6 Å². The number of fused-ring (bicyclic) bond motifs is 3. The molecule has 2 N–H and O–H groups in total. The minimum absolute atomic E-state index is 0.0734. The van der Waals surface area contributed by atoms with E-state index in [-0.39, 0.29) is 11.5 Å². The van der Waals surface area contributed by atoms with Crippen LogP contribution in [0.5, 0.6) is 11.5 Å². The lowest BCUT2D eigenvalue weighted by Crippen LogP contribution is -2.26. The van der Waals surface area contributed by atoms with Crippen LogP contribution in [0.1, 0.15) is 31.9 Å². The van der Waals surface area contributed by atoms with Gasteiger partial charge >= 0.3 is 0 Å². The molecule has 0 bridgehead atoms. The molecule has 0 radical (unpaired) electrons. The number of aromatic nitrogens is 2. The van der Waals surface area contributed by atoms with Crippen LogP contribution in [-0.4, -0.2) is 37.0 Å². The van der Waals surface area contributed by atoms with Gasteiger partial charge in [0.1, 0.15) is 0 Å². The van der Waals surface area contributed by atoms with Crippen molar-refractivity contribution in [3.63, 3.8) is 0 Å². The molecule has 2 aromatic heterocycles. The molecule has 8 heteroatoms. The van der Waals surface area contributed by atoms with E-state index in [0.717, 1.165) is 35.4 Å². The summed E-state index contributed by atoms with van der Waals surface area (Å²) in [6.45, 7) is 5.59. The predicted molar refractivity (Wildman–Crippen MR) is 128 cm³/mol. The molecule has 1 aromatic carbocycles. The molecule has 1 aliphatic rings. The Bertz CT molecular complexity index is 1170. The lowest BCUT2D eigenvalue weighted by Gasteiger charge is -2.34. The highest BCUT2D eigenvalue weighted by Crippen LogP contribution is 2.43. The molecule has 3 heterocycles. The summed E-state index contributed by atoms with van der Waals surface area (Å²) in [7, 11) is 3.31. The van der Waals surface area contributed by atoms with E-state index in [1.54, 1.807) is 20.3 Å². The van der Waals surface area contributed by atoms with Crippen molar-refractivity contribution < 1.29 is 14.2 Å². The second-order valence-corrected chi connectivity index (χ2v) is 9.18. The van der Waals surface area contributed by atoms with Gasteiger partial charge in [-0.2, -0.15) is 0 Å². The number of pyridine rings is 1. The number of benzene rings is 1. The van der Waals surface area contributed by atoms with Crippen LogP contribution in [0, 0.1) is 5.92 Å². The smallest absolute Gasteiger partial charge is 0.191 e. The monoisotopic (exact) mass is 455 g/mol. The quantitative estimate of drug-likeness (QED) is 0.507. The van der Waals surface area contributed by atoms with E-state index in [9.17, 15) is 4.79 Å². The van der Waals surface area contributed by atoms with Gasteiger partial charge in [0.25, 0.3) is 0 Å². The van der Waals surface area contributed by atoms with Gasteiger partial charge in [-0.3, -0.25) is 4.79 Å². The maximum Gasteiger partial charge on any atom is 0.191 e. The van der Waals surface area contributed by atoms with Crippen molar-refractivity contribution in [2.45, 2.75) is 32.7 Å². The van der Waals surface area contributed by atoms with Crippen LogP contribution in [0.25, 0.3) is 22.5 Å². The van der Waals surface area contributed by atoms with Gasteiger partial charge in [-0.15, -0.1) is 11.3 Å². The number of hydrogen-bond acceptors (Lipinski definition) is 7. The minimum Gasteiger partial charge on any atom is -0.493 e. The topological polar surface area (TPSA) is 88.6 Å². The van der Waals surface area contributed by atoms with E-state index < -0.39 is 0 Å². The van der Waals surface area contributed by atoms with E-state index in [0.29, 0.717) is 41.3 Å². The number of nitrogens with zero attached hydrogens (tertiary/aromatic N) is 2. The Morgan fingerprint density at radius 2 is 2.00 bits per heavy atom. The van der Waals surface area contributed by atoms with Crippen LogP contribution in [-0.2, 0) is 11.2 Å². The van der Waals surface area contributed by atoms with Gasteiger partial charge in [0.2, 0.25) is 0 Å². The lowest BCUT2D eigenvalue weighted by molar-refractivity contribution is 0.170. The third kappa shape index (κ3) is 4.25. The maximum absolute atomic E-state index is 13.1. The highest BCUT2D eigenvalue weighted by molar-refractivity contribution is 7.13. The molecule has 1 unspecified atom stereocenters. The number of ether oxygens (including phenoxy) is 3. The van der Waals surface area contributed by atoms with Crippen LogP contribution in [0.2, 0.25) is 0 Å². The average molecular weight is 456 g/mol. The number of anilines is 1. The summed E-state index contributed by atoms with van der Waals surface area (Å²) in [5, 5.41) is 2.28. The number of methoxy groups -OCH3 is 2. The van der Waals surface area contributed by atoms with Crippen LogP contribution in [0.4, 0.5) is 5.13 Å². The molecule has 0 spiro atoms. The van der Waals surface area contributed by atoms with E-state index in [4.69, 9.17) is 19.9 Å². The Kier molecular flexibility index (Phi) is 6.53. The summed E-state index contributed by atoms with van der Waals surface area (Å²) < 4.78 is 18.9. The molecule has 3 aromatic rings. The molecule has 7 nitrogen and oxygen atoms in total. The zero-order chi connectivity index (χ0) is 22.8. The fourth-order valence-corrected chi connectivity index (χ4v) is 4.75. The fourth-order valence-electron chi connectivity index (χ4n) is 4.19. The average Bonchev–Trinajstić information content (AvgIpc) is 3.21. The van der Waals surface area contributed by atoms with Crippen molar-refractivity contribution in [1.82, 2.24) is 9.55 Å². The third-order valence-electron chi connectivity index (χ3n) is 5.85. The molecule has 0 saturated heterocycles. The van der Waals surface area contributed by atoms with Crippen molar-refractivity contribution in [1.29, 1.82) is 0 Å². The summed E-state index contributed by atoms with van der Waals surface area (Å²) in [6.07, 6.45) is 3.56. The van der Waals surface area contributed by atoms with Crippen LogP contribution in [0.3, 0.4) is 0 Å². The SMILES string of the molecule is COCCCOc1cc2c(cc1OC)-c1cc(=O)c(-c3csc(N)n3)cn1C(C(C)C)C2. The molecule has 0 amide bonds. The van der Waals surface area contributed by atoms with Crippen molar-refractivity contribution >= 4 is 16.5 Å². The number of hydrogen-bond donors (Lipinski definition) is 1. The number of nitrogen functional groups attached to an aromatic ring is 1. The molecule has 0 fully saturated rings. The van der Waals surface area contributed by atoms with E-state index in [1.165, 1.54) is 11.3 Å². The lowest BCUT2D eigenvalue weighted by atomic mass is 9.87. The van der Waals surface area contributed by atoms with Gasteiger partial charge in [-0.25, -0.2) is 4.98 Å². The van der Waals surface area contributed by atoms with E-state index in [2.05, 4.69) is 29.5 Å². The predicted octanol–water partition coefficient (Wildman–Crippen LogP) is 4.40. The first-order valence-electron chi connectivity index (χ1n) is 10.7. The van der Waals surface area contributed by atoms with Gasteiger partial charge in [-0.05, 0) is 30.0 Å².